The second-order valence-electron chi connectivity index (χ2n) is 4.61. The average molecular weight is 228 g/mol. The van der Waals surface area contributed by atoms with E-state index in [9.17, 15) is 13.9 Å². The summed E-state index contributed by atoms with van der Waals surface area (Å²) in [6, 6.07) is 3.45. The molecule has 0 aromatic heterocycles. The summed E-state index contributed by atoms with van der Waals surface area (Å²) in [5, 5.41) is 9.87. The van der Waals surface area contributed by atoms with Gasteiger partial charge in [0.2, 0.25) is 0 Å². The maximum Gasteiger partial charge on any atom is 0.129 e. The fraction of sp³-hybridized carbons (Fsp3) is 0.538. The van der Waals surface area contributed by atoms with E-state index in [1.165, 1.54) is 12.1 Å². The van der Waals surface area contributed by atoms with Gasteiger partial charge in [0.05, 0.1) is 6.10 Å². The summed E-state index contributed by atoms with van der Waals surface area (Å²) in [5.74, 6) is -0.759. The van der Waals surface area contributed by atoms with Crippen molar-refractivity contribution in [1.82, 2.24) is 0 Å². The van der Waals surface area contributed by atoms with Crippen LogP contribution in [0.2, 0.25) is 0 Å². The number of halogens is 2. The first-order chi connectivity index (χ1) is 7.41. The summed E-state index contributed by atoms with van der Waals surface area (Å²) in [5.41, 5.74) is 0.362. The number of benzene rings is 1. The van der Waals surface area contributed by atoms with Crippen molar-refractivity contribution in [3.05, 3.63) is 35.4 Å². The van der Waals surface area contributed by atoms with Gasteiger partial charge in [-0.15, -0.1) is 0 Å². The van der Waals surface area contributed by atoms with Gasteiger partial charge in [0.1, 0.15) is 11.6 Å². The van der Waals surface area contributed by atoms with Gasteiger partial charge in [-0.05, 0) is 23.5 Å². The Balaban J connectivity index is 2.73. The topological polar surface area (TPSA) is 20.2 Å². The van der Waals surface area contributed by atoms with Gasteiger partial charge in [0.15, 0.2) is 0 Å². The predicted octanol–water partition coefficient (Wildman–Crippen LogP) is 3.16. The van der Waals surface area contributed by atoms with E-state index in [4.69, 9.17) is 0 Å². The van der Waals surface area contributed by atoms with Crippen LogP contribution < -0.4 is 0 Å². The third-order valence-corrected chi connectivity index (χ3v) is 3.10. The molecule has 0 aliphatic heterocycles. The molecule has 1 nitrogen and oxygen atoms in total. The average Bonchev–Trinajstić information content (AvgIpc) is 2.20. The lowest BCUT2D eigenvalue weighted by atomic mass is 9.89. The number of rotatable bonds is 4. The van der Waals surface area contributed by atoms with Crippen LogP contribution in [-0.4, -0.2) is 11.2 Å². The molecule has 16 heavy (non-hydrogen) atoms. The zero-order chi connectivity index (χ0) is 12.3. The smallest absolute Gasteiger partial charge is 0.129 e. The van der Waals surface area contributed by atoms with E-state index in [2.05, 4.69) is 0 Å². The van der Waals surface area contributed by atoms with E-state index in [1.807, 2.05) is 20.8 Å². The van der Waals surface area contributed by atoms with Gasteiger partial charge in [-0.3, -0.25) is 0 Å². The van der Waals surface area contributed by atoms with Gasteiger partial charge < -0.3 is 5.11 Å². The van der Waals surface area contributed by atoms with E-state index in [0.29, 0.717) is 11.5 Å². The molecule has 0 radical (unpaired) electrons. The molecule has 0 aliphatic rings. The van der Waals surface area contributed by atoms with Crippen molar-refractivity contribution in [2.75, 3.05) is 0 Å². The molecule has 1 aromatic rings. The SMILES string of the molecule is CC(C)C(C)C(O)Cc1ccc(F)cc1F. The molecule has 3 heteroatoms. The van der Waals surface area contributed by atoms with E-state index in [0.717, 1.165) is 6.07 Å². The Morgan fingerprint density at radius 1 is 1.19 bits per heavy atom. The van der Waals surface area contributed by atoms with Gasteiger partial charge in [-0.2, -0.15) is 0 Å². The van der Waals surface area contributed by atoms with Crippen LogP contribution in [0.1, 0.15) is 26.3 Å². The molecule has 0 saturated carbocycles. The Bertz CT molecular complexity index is 350. The van der Waals surface area contributed by atoms with Crippen LogP contribution in [0.4, 0.5) is 8.78 Å². The van der Waals surface area contributed by atoms with Crippen LogP contribution in [0.5, 0.6) is 0 Å². The van der Waals surface area contributed by atoms with Crippen LogP contribution in [0.3, 0.4) is 0 Å². The third-order valence-electron chi connectivity index (χ3n) is 3.10. The van der Waals surface area contributed by atoms with Crippen molar-refractivity contribution in [3.8, 4) is 0 Å². The molecular weight excluding hydrogens is 210 g/mol. The first-order valence-corrected chi connectivity index (χ1v) is 5.53. The molecule has 1 N–H and O–H groups in total. The lowest BCUT2D eigenvalue weighted by Crippen LogP contribution is -2.25. The number of hydrogen-bond donors (Lipinski definition) is 1. The number of aliphatic hydroxyl groups excluding tert-OH is 1. The quantitative estimate of drug-likeness (QED) is 0.839. The third kappa shape index (κ3) is 3.27. The Hall–Kier alpha value is -0.960. The van der Waals surface area contributed by atoms with E-state index >= 15 is 0 Å². The lowest BCUT2D eigenvalue weighted by molar-refractivity contribution is 0.0913. The maximum atomic E-state index is 13.3. The highest BCUT2D eigenvalue weighted by Crippen LogP contribution is 2.19. The minimum atomic E-state index is -0.597. The minimum absolute atomic E-state index is 0.0875. The Morgan fingerprint density at radius 3 is 2.31 bits per heavy atom. The van der Waals surface area contributed by atoms with E-state index < -0.39 is 17.7 Å². The molecule has 90 valence electrons. The van der Waals surface area contributed by atoms with Crippen LogP contribution in [0.25, 0.3) is 0 Å². The monoisotopic (exact) mass is 228 g/mol. The van der Waals surface area contributed by atoms with E-state index in [-0.39, 0.29) is 12.3 Å². The molecular formula is C13H18F2O. The molecule has 1 aromatic carbocycles. The summed E-state index contributed by atoms with van der Waals surface area (Å²) in [4.78, 5) is 0. The van der Waals surface area contributed by atoms with Crippen LogP contribution >= 0.6 is 0 Å². The number of aliphatic hydroxyl groups is 1. The Kier molecular flexibility index (Phi) is 4.42. The maximum absolute atomic E-state index is 13.3. The van der Waals surface area contributed by atoms with Crippen LogP contribution in [0, 0.1) is 23.5 Å². The van der Waals surface area contributed by atoms with E-state index in [1.54, 1.807) is 0 Å². The van der Waals surface area contributed by atoms with Crippen LogP contribution in [0.15, 0.2) is 18.2 Å². The zero-order valence-corrected chi connectivity index (χ0v) is 9.87. The number of hydrogen-bond acceptors (Lipinski definition) is 1. The molecule has 0 heterocycles. The first kappa shape index (κ1) is 13.1. The van der Waals surface area contributed by atoms with Crippen molar-refractivity contribution in [2.24, 2.45) is 11.8 Å². The van der Waals surface area contributed by atoms with Gasteiger partial charge in [0.25, 0.3) is 0 Å². The van der Waals surface area contributed by atoms with Gasteiger partial charge in [-0.25, -0.2) is 8.78 Å². The fourth-order valence-corrected chi connectivity index (χ4v) is 1.54. The summed E-state index contributed by atoms with van der Waals surface area (Å²) >= 11 is 0. The second kappa shape index (κ2) is 5.39. The molecule has 2 unspecified atom stereocenters. The second-order valence-corrected chi connectivity index (χ2v) is 4.61. The first-order valence-electron chi connectivity index (χ1n) is 5.53. The summed E-state index contributed by atoms with van der Waals surface area (Å²) < 4.78 is 26.0. The van der Waals surface area contributed by atoms with Crippen molar-refractivity contribution in [1.29, 1.82) is 0 Å². The minimum Gasteiger partial charge on any atom is -0.392 e. The largest absolute Gasteiger partial charge is 0.392 e. The zero-order valence-electron chi connectivity index (χ0n) is 9.87. The highest BCUT2D eigenvalue weighted by Gasteiger charge is 2.19. The van der Waals surface area contributed by atoms with Crippen LogP contribution in [-0.2, 0) is 6.42 Å². The highest BCUT2D eigenvalue weighted by atomic mass is 19.1. The highest BCUT2D eigenvalue weighted by molar-refractivity contribution is 5.19. The molecule has 0 aliphatic carbocycles. The van der Waals surface area contributed by atoms with Crippen molar-refractivity contribution in [3.63, 3.8) is 0 Å². The predicted molar refractivity (Wildman–Crippen MR) is 60.1 cm³/mol. The van der Waals surface area contributed by atoms with Gasteiger partial charge in [-0.1, -0.05) is 26.8 Å². The summed E-state index contributed by atoms with van der Waals surface area (Å²) in [6.45, 7) is 5.95. The Labute approximate surface area is 95.1 Å². The fourth-order valence-electron chi connectivity index (χ4n) is 1.54. The molecule has 0 bridgehead atoms. The molecule has 0 saturated heterocycles. The molecule has 2 atom stereocenters. The summed E-state index contributed by atoms with van der Waals surface area (Å²) in [7, 11) is 0. The van der Waals surface area contributed by atoms with Crippen molar-refractivity contribution in [2.45, 2.75) is 33.3 Å². The summed E-state index contributed by atoms with van der Waals surface area (Å²) in [6.07, 6.45) is -0.370. The Morgan fingerprint density at radius 2 is 1.81 bits per heavy atom. The molecule has 1 rings (SSSR count). The van der Waals surface area contributed by atoms with Gasteiger partial charge in [0, 0.05) is 12.5 Å². The molecule has 0 spiro atoms. The van der Waals surface area contributed by atoms with Gasteiger partial charge >= 0.3 is 0 Å². The standard InChI is InChI=1S/C13H18F2O/c1-8(2)9(3)13(16)6-10-4-5-11(14)7-12(10)15/h4-5,7-9,13,16H,6H2,1-3H3. The van der Waals surface area contributed by atoms with Crippen molar-refractivity contribution < 1.29 is 13.9 Å². The molecule has 0 amide bonds. The van der Waals surface area contributed by atoms with Crippen molar-refractivity contribution >= 4 is 0 Å². The molecule has 0 fully saturated rings. The lowest BCUT2D eigenvalue weighted by Gasteiger charge is -2.22. The normalized spacial score (nSPS) is 15.2.